The molecule has 3 aliphatic rings. The average molecular weight is 454 g/mol. The quantitative estimate of drug-likeness (QED) is 0.514. The van der Waals surface area contributed by atoms with Crippen LogP contribution in [-0.4, -0.2) is 63.2 Å². The summed E-state index contributed by atoms with van der Waals surface area (Å²) in [4.78, 5) is 0.329. The van der Waals surface area contributed by atoms with Gasteiger partial charge in [-0.3, -0.25) is 0 Å². The SMILES string of the molecule is Cc1ccc(S(=O)(=O)N2C[C@@H]2[C@H]2O[C@H]([Si](C)(C)C(C)(C)C)[C@H]3OC(C)(C)O[C@@H]23)cc1. The van der Waals surface area contributed by atoms with E-state index in [2.05, 4.69) is 33.9 Å². The molecule has 1 unspecified atom stereocenters. The van der Waals surface area contributed by atoms with E-state index in [-0.39, 0.29) is 35.1 Å². The normalized spacial score (nSPS) is 36.0. The van der Waals surface area contributed by atoms with Crippen molar-refractivity contribution in [1.29, 1.82) is 0 Å². The molecule has 0 N–H and O–H groups in total. The van der Waals surface area contributed by atoms with Crippen LogP contribution in [0.15, 0.2) is 29.2 Å². The maximum atomic E-state index is 13.1. The Balaban J connectivity index is 1.60. The number of hydrogen-bond acceptors (Lipinski definition) is 5. The van der Waals surface area contributed by atoms with Crippen molar-refractivity contribution in [3.8, 4) is 0 Å². The van der Waals surface area contributed by atoms with Crippen LogP contribution in [0.4, 0.5) is 0 Å². The van der Waals surface area contributed by atoms with Crippen LogP contribution in [0.3, 0.4) is 0 Å². The summed E-state index contributed by atoms with van der Waals surface area (Å²) in [6.07, 6.45) is -0.714. The zero-order valence-corrected chi connectivity index (χ0v) is 21.1. The second-order valence-corrected chi connectivity index (χ2v) is 18.4. The molecule has 0 bridgehead atoms. The summed E-state index contributed by atoms with van der Waals surface area (Å²) in [5, 5.41) is 0.115. The van der Waals surface area contributed by atoms with E-state index in [4.69, 9.17) is 14.2 Å². The van der Waals surface area contributed by atoms with Crippen LogP contribution >= 0.6 is 0 Å². The Morgan fingerprint density at radius 3 is 2.17 bits per heavy atom. The van der Waals surface area contributed by atoms with E-state index in [1.807, 2.05) is 32.9 Å². The number of hydrogen-bond donors (Lipinski definition) is 0. The van der Waals surface area contributed by atoms with E-state index < -0.39 is 23.9 Å². The van der Waals surface area contributed by atoms with Crippen molar-refractivity contribution in [2.45, 2.75) is 100 Å². The Morgan fingerprint density at radius 2 is 1.60 bits per heavy atom. The summed E-state index contributed by atoms with van der Waals surface area (Å²) in [5.41, 5.74) is 0.994. The molecule has 6 nitrogen and oxygen atoms in total. The van der Waals surface area contributed by atoms with Crippen LogP contribution in [0, 0.1) is 6.92 Å². The number of aryl methyl sites for hydroxylation is 1. The fourth-order valence-electron chi connectivity index (χ4n) is 4.47. The van der Waals surface area contributed by atoms with Crippen LogP contribution in [0.25, 0.3) is 0 Å². The van der Waals surface area contributed by atoms with Gasteiger partial charge in [-0.2, -0.15) is 4.31 Å². The summed E-state index contributed by atoms with van der Waals surface area (Å²) < 4.78 is 47.0. The third-order valence-corrected chi connectivity index (χ3v) is 15.0. The minimum absolute atomic E-state index is 0.0428. The van der Waals surface area contributed by atoms with Gasteiger partial charge in [-0.05, 0) is 37.9 Å². The molecule has 168 valence electrons. The Kier molecular flexibility index (Phi) is 5.13. The van der Waals surface area contributed by atoms with Crippen molar-refractivity contribution in [2.24, 2.45) is 0 Å². The second-order valence-electron chi connectivity index (χ2n) is 11.0. The van der Waals surface area contributed by atoms with Crippen LogP contribution in [0.2, 0.25) is 18.1 Å². The van der Waals surface area contributed by atoms with E-state index >= 15 is 0 Å². The lowest BCUT2D eigenvalue weighted by molar-refractivity contribution is -0.180. The van der Waals surface area contributed by atoms with E-state index in [1.165, 1.54) is 0 Å². The van der Waals surface area contributed by atoms with E-state index in [0.717, 1.165) is 5.56 Å². The molecule has 0 radical (unpaired) electrons. The smallest absolute Gasteiger partial charge is 0.243 e. The molecule has 3 heterocycles. The van der Waals surface area contributed by atoms with Gasteiger partial charge in [0.1, 0.15) is 18.3 Å². The first-order valence-corrected chi connectivity index (χ1v) is 15.3. The molecule has 6 atom stereocenters. The van der Waals surface area contributed by atoms with Crippen molar-refractivity contribution in [2.75, 3.05) is 6.54 Å². The maximum Gasteiger partial charge on any atom is 0.243 e. The molecule has 0 aliphatic carbocycles. The molecule has 0 spiro atoms. The molecular formula is C22H35NO5SSi. The summed E-state index contributed by atoms with van der Waals surface area (Å²) in [5.74, 6) is -0.687. The number of nitrogens with zero attached hydrogens (tertiary/aromatic N) is 1. The lowest BCUT2D eigenvalue weighted by Crippen LogP contribution is -2.55. The number of benzene rings is 1. The minimum Gasteiger partial charge on any atom is -0.371 e. The summed E-state index contributed by atoms with van der Waals surface area (Å²) in [7, 11) is -5.45. The lowest BCUT2D eigenvalue weighted by atomic mass is 10.1. The highest BCUT2D eigenvalue weighted by molar-refractivity contribution is 7.89. The predicted octanol–water partition coefficient (Wildman–Crippen LogP) is 3.70. The second kappa shape index (κ2) is 6.86. The molecular weight excluding hydrogens is 418 g/mol. The van der Waals surface area contributed by atoms with E-state index in [1.54, 1.807) is 16.4 Å². The molecule has 0 amide bonds. The average Bonchev–Trinajstić information content (AvgIpc) is 3.25. The summed E-state index contributed by atoms with van der Waals surface area (Å²) in [6, 6.07) is 6.80. The first-order valence-electron chi connectivity index (χ1n) is 10.7. The Morgan fingerprint density at radius 1 is 1.03 bits per heavy atom. The van der Waals surface area contributed by atoms with Gasteiger partial charge >= 0.3 is 0 Å². The number of ether oxygens (including phenoxy) is 3. The van der Waals surface area contributed by atoms with Gasteiger partial charge in [-0.1, -0.05) is 51.6 Å². The van der Waals surface area contributed by atoms with Crippen molar-refractivity contribution < 1.29 is 22.6 Å². The summed E-state index contributed by atoms with van der Waals surface area (Å²) >= 11 is 0. The Bertz CT molecular complexity index is 922. The first-order chi connectivity index (χ1) is 13.6. The van der Waals surface area contributed by atoms with Crippen LogP contribution < -0.4 is 0 Å². The van der Waals surface area contributed by atoms with Gasteiger partial charge in [0, 0.05) is 6.54 Å². The zero-order valence-electron chi connectivity index (χ0n) is 19.3. The molecule has 0 aromatic heterocycles. The van der Waals surface area contributed by atoms with Gasteiger partial charge in [0.25, 0.3) is 0 Å². The highest BCUT2D eigenvalue weighted by Crippen LogP contribution is 2.50. The van der Waals surface area contributed by atoms with Gasteiger partial charge in [0.05, 0.1) is 24.7 Å². The zero-order chi connectivity index (χ0) is 22.3. The van der Waals surface area contributed by atoms with Crippen molar-refractivity contribution in [3.63, 3.8) is 0 Å². The fourth-order valence-corrected chi connectivity index (χ4v) is 8.48. The lowest BCUT2D eigenvalue weighted by Gasteiger charge is -2.43. The highest BCUT2D eigenvalue weighted by atomic mass is 32.2. The number of rotatable bonds is 4. The van der Waals surface area contributed by atoms with Gasteiger partial charge in [0.15, 0.2) is 5.79 Å². The van der Waals surface area contributed by atoms with Gasteiger partial charge in [-0.25, -0.2) is 8.42 Å². The molecule has 1 aromatic carbocycles. The first kappa shape index (κ1) is 22.4. The largest absolute Gasteiger partial charge is 0.371 e. The molecule has 8 heteroatoms. The molecule has 3 aliphatic heterocycles. The van der Waals surface area contributed by atoms with Crippen molar-refractivity contribution in [3.05, 3.63) is 29.8 Å². The van der Waals surface area contributed by atoms with Crippen molar-refractivity contribution in [1.82, 2.24) is 4.31 Å². The number of sulfonamides is 1. The maximum absolute atomic E-state index is 13.1. The van der Waals surface area contributed by atoms with E-state index in [9.17, 15) is 8.42 Å². The third-order valence-electron chi connectivity index (χ3n) is 7.34. The fraction of sp³-hybridized carbons (Fsp3) is 0.727. The van der Waals surface area contributed by atoms with Crippen LogP contribution in [-0.2, 0) is 24.2 Å². The molecule has 4 rings (SSSR count). The Labute approximate surface area is 181 Å². The summed E-state index contributed by atoms with van der Waals surface area (Å²) in [6.45, 7) is 17.7. The van der Waals surface area contributed by atoms with Crippen LogP contribution in [0.1, 0.15) is 40.2 Å². The molecule has 1 aromatic rings. The molecule has 3 fully saturated rings. The minimum atomic E-state index is -3.54. The molecule has 0 saturated carbocycles. The Hall–Kier alpha value is -0.773. The van der Waals surface area contributed by atoms with Crippen molar-refractivity contribution >= 4 is 18.1 Å². The highest BCUT2D eigenvalue weighted by Gasteiger charge is 2.66. The van der Waals surface area contributed by atoms with Crippen LogP contribution in [0.5, 0.6) is 0 Å². The van der Waals surface area contributed by atoms with E-state index in [0.29, 0.717) is 11.4 Å². The van der Waals surface area contributed by atoms with Gasteiger partial charge < -0.3 is 14.2 Å². The molecule has 30 heavy (non-hydrogen) atoms. The number of fused-ring (bicyclic) bond motifs is 1. The standard InChI is InChI=1S/C22H35NO5SSi/c1-14-9-11-15(12-10-14)29(24,25)23-13-16(23)17-18-19(28-22(5,6)27-18)20(26-17)30(7,8)21(2,3)4/h9-12,16-20H,13H2,1-8H3/t16-,17-,18+,19+,20-,23?/m1/s1. The molecule has 3 saturated heterocycles. The predicted molar refractivity (Wildman–Crippen MR) is 119 cm³/mol. The third kappa shape index (κ3) is 3.59. The van der Waals surface area contributed by atoms with Gasteiger partial charge in [0.2, 0.25) is 10.0 Å². The van der Waals surface area contributed by atoms with Gasteiger partial charge in [-0.15, -0.1) is 0 Å². The monoisotopic (exact) mass is 453 g/mol. The topological polar surface area (TPSA) is 64.8 Å².